The van der Waals surface area contributed by atoms with Gasteiger partial charge < -0.3 is 15.1 Å². The number of carbonyl (C=O) groups is 1. The van der Waals surface area contributed by atoms with E-state index in [1.54, 1.807) is 18.5 Å². The molecule has 3 aromatic rings. The normalized spacial score (nSPS) is 11.9. The number of nitrogens with one attached hydrogen (secondary N) is 3. The van der Waals surface area contributed by atoms with Crippen molar-refractivity contribution in [2.75, 3.05) is 0 Å². The van der Waals surface area contributed by atoms with Crippen molar-refractivity contribution in [3.05, 3.63) is 66.2 Å². The zero-order valence-electron chi connectivity index (χ0n) is 12.7. The van der Waals surface area contributed by atoms with Gasteiger partial charge in [0.25, 0.3) is 0 Å². The van der Waals surface area contributed by atoms with Crippen LogP contribution in [0.3, 0.4) is 0 Å². The first-order chi connectivity index (χ1) is 11.2. The molecule has 3 N–H and O–H groups in total. The van der Waals surface area contributed by atoms with Gasteiger partial charge in [-0.1, -0.05) is 24.3 Å². The number of hydrogen-bond acceptors (Lipinski definition) is 3. The summed E-state index contributed by atoms with van der Waals surface area (Å²) in [5.74, 6) is 0.726. The first-order valence-corrected chi connectivity index (χ1v) is 7.39. The van der Waals surface area contributed by atoms with Crippen LogP contribution < -0.4 is 10.6 Å². The third-order valence-corrected chi connectivity index (χ3v) is 3.54. The lowest BCUT2D eigenvalue weighted by atomic mass is 10.1. The summed E-state index contributed by atoms with van der Waals surface area (Å²) in [6, 6.07) is 13.1. The second-order valence-electron chi connectivity index (χ2n) is 5.23. The Kier molecular flexibility index (Phi) is 4.42. The molecule has 1 aromatic carbocycles. The quantitative estimate of drug-likeness (QED) is 0.676. The van der Waals surface area contributed by atoms with Gasteiger partial charge in [-0.25, -0.2) is 4.79 Å². The molecule has 0 saturated carbocycles. The third-order valence-electron chi connectivity index (χ3n) is 3.54. The predicted octanol–water partition coefficient (Wildman–Crippen LogP) is 3.23. The number of nitrogens with zero attached hydrogens (tertiary/aromatic N) is 1. The minimum absolute atomic E-state index is 0.173. The van der Waals surface area contributed by atoms with E-state index in [9.17, 15) is 4.79 Å². The number of aromatic nitrogens is 2. The van der Waals surface area contributed by atoms with Gasteiger partial charge in [0, 0.05) is 12.7 Å². The van der Waals surface area contributed by atoms with Crippen molar-refractivity contribution in [1.82, 2.24) is 20.8 Å². The highest BCUT2D eigenvalue weighted by Gasteiger charge is 2.11. The summed E-state index contributed by atoms with van der Waals surface area (Å²) < 4.78 is 5.26. The fraction of sp³-hybridized carbons (Fsp3) is 0.176. The van der Waals surface area contributed by atoms with Gasteiger partial charge in [-0.2, -0.15) is 5.10 Å². The van der Waals surface area contributed by atoms with Crippen molar-refractivity contribution >= 4 is 6.03 Å². The maximum Gasteiger partial charge on any atom is 0.315 e. The van der Waals surface area contributed by atoms with Crippen LogP contribution in [-0.2, 0) is 6.54 Å². The molecule has 23 heavy (non-hydrogen) atoms. The number of aromatic amines is 1. The minimum Gasteiger partial charge on any atom is -0.467 e. The van der Waals surface area contributed by atoms with Gasteiger partial charge >= 0.3 is 6.03 Å². The number of hydrogen-bond donors (Lipinski definition) is 3. The van der Waals surface area contributed by atoms with E-state index < -0.39 is 0 Å². The van der Waals surface area contributed by atoms with Crippen molar-refractivity contribution in [2.45, 2.75) is 19.5 Å². The summed E-state index contributed by atoms with van der Waals surface area (Å²) in [5.41, 5.74) is 3.05. The molecule has 6 heteroatoms. The Hall–Kier alpha value is -3.02. The highest BCUT2D eigenvalue weighted by molar-refractivity contribution is 5.74. The van der Waals surface area contributed by atoms with Crippen LogP contribution in [0.15, 0.2) is 59.3 Å². The van der Waals surface area contributed by atoms with Crippen LogP contribution >= 0.6 is 0 Å². The topological polar surface area (TPSA) is 83.0 Å². The fourth-order valence-corrected chi connectivity index (χ4v) is 2.26. The fourth-order valence-electron chi connectivity index (χ4n) is 2.26. The average molecular weight is 310 g/mol. The Bertz CT molecular complexity index is 734. The lowest BCUT2D eigenvalue weighted by Crippen LogP contribution is -2.36. The van der Waals surface area contributed by atoms with Gasteiger partial charge in [0.1, 0.15) is 5.76 Å². The maximum atomic E-state index is 11.9. The van der Waals surface area contributed by atoms with Crippen molar-refractivity contribution in [3.8, 4) is 11.3 Å². The molecule has 0 radical (unpaired) electrons. The van der Waals surface area contributed by atoms with E-state index in [-0.39, 0.29) is 12.1 Å². The van der Waals surface area contributed by atoms with Gasteiger partial charge in [0.05, 0.1) is 18.0 Å². The zero-order valence-corrected chi connectivity index (χ0v) is 12.7. The summed E-state index contributed by atoms with van der Waals surface area (Å²) in [6.45, 7) is 2.33. The number of furan rings is 1. The molecule has 0 bridgehead atoms. The first kappa shape index (κ1) is 14.9. The molecule has 1 atom stereocenters. The van der Waals surface area contributed by atoms with E-state index in [0.29, 0.717) is 6.54 Å². The van der Waals surface area contributed by atoms with Crippen molar-refractivity contribution < 1.29 is 9.21 Å². The van der Waals surface area contributed by atoms with E-state index in [2.05, 4.69) is 20.8 Å². The summed E-state index contributed by atoms with van der Waals surface area (Å²) in [6.07, 6.45) is 3.31. The van der Waals surface area contributed by atoms with Crippen LogP contribution in [0.5, 0.6) is 0 Å². The number of urea groups is 1. The number of carbonyl (C=O) groups excluding carboxylic acids is 1. The van der Waals surface area contributed by atoms with Gasteiger partial charge in [-0.05, 0) is 36.2 Å². The molecule has 2 amide bonds. The lowest BCUT2D eigenvalue weighted by Gasteiger charge is -2.12. The molecular formula is C17H18N4O2. The van der Waals surface area contributed by atoms with Crippen LogP contribution in [0.25, 0.3) is 11.3 Å². The van der Waals surface area contributed by atoms with Gasteiger partial charge in [0.2, 0.25) is 0 Å². The Morgan fingerprint density at radius 3 is 2.74 bits per heavy atom. The molecule has 1 unspecified atom stereocenters. The lowest BCUT2D eigenvalue weighted by molar-refractivity contribution is 0.235. The molecule has 0 fully saturated rings. The highest BCUT2D eigenvalue weighted by Crippen LogP contribution is 2.16. The number of amides is 2. The molecular weight excluding hydrogens is 292 g/mol. The van der Waals surface area contributed by atoms with E-state index in [0.717, 1.165) is 22.6 Å². The standard InChI is InChI=1S/C17H18N4O2/c1-12(16-3-2-10-23-16)20-17(22)18-11-13-4-6-14(7-5-13)15-8-9-19-21-15/h2-10,12H,11H2,1H3,(H,19,21)(H2,18,20,22). The minimum atomic E-state index is -0.230. The van der Waals surface area contributed by atoms with Crippen molar-refractivity contribution in [1.29, 1.82) is 0 Å². The van der Waals surface area contributed by atoms with E-state index in [1.807, 2.05) is 43.3 Å². The smallest absolute Gasteiger partial charge is 0.315 e. The molecule has 0 aliphatic rings. The average Bonchev–Trinajstić information content (AvgIpc) is 3.26. The monoisotopic (exact) mass is 310 g/mol. The molecule has 2 aromatic heterocycles. The number of benzene rings is 1. The van der Waals surface area contributed by atoms with E-state index >= 15 is 0 Å². The van der Waals surface area contributed by atoms with Crippen molar-refractivity contribution in [2.24, 2.45) is 0 Å². The Balaban J connectivity index is 1.51. The van der Waals surface area contributed by atoms with Crippen LogP contribution in [-0.4, -0.2) is 16.2 Å². The van der Waals surface area contributed by atoms with Crippen molar-refractivity contribution in [3.63, 3.8) is 0 Å². The molecule has 0 aliphatic heterocycles. The Labute approximate surface area is 133 Å². The largest absolute Gasteiger partial charge is 0.467 e. The second-order valence-corrected chi connectivity index (χ2v) is 5.23. The van der Waals surface area contributed by atoms with Crippen LogP contribution in [0.4, 0.5) is 4.79 Å². The molecule has 6 nitrogen and oxygen atoms in total. The van der Waals surface area contributed by atoms with E-state index in [1.165, 1.54) is 0 Å². The van der Waals surface area contributed by atoms with Crippen LogP contribution in [0.2, 0.25) is 0 Å². The predicted molar refractivity (Wildman–Crippen MR) is 86.5 cm³/mol. The first-order valence-electron chi connectivity index (χ1n) is 7.39. The van der Waals surface area contributed by atoms with Crippen LogP contribution in [0, 0.1) is 0 Å². The SMILES string of the molecule is CC(NC(=O)NCc1ccc(-c2ccn[nH]2)cc1)c1ccco1. The summed E-state index contributed by atoms with van der Waals surface area (Å²) in [5, 5.41) is 12.5. The molecule has 3 rings (SSSR count). The highest BCUT2D eigenvalue weighted by atomic mass is 16.3. The summed E-state index contributed by atoms with van der Waals surface area (Å²) in [4.78, 5) is 11.9. The molecule has 118 valence electrons. The summed E-state index contributed by atoms with van der Waals surface area (Å²) in [7, 11) is 0. The van der Waals surface area contributed by atoms with E-state index in [4.69, 9.17) is 4.42 Å². The molecule has 2 heterocycles. The van der Waals surface area contributed by atoms with Gasteiger partial charge in [-0.15, -0.1) is 0 Å². The third kappa shape index (κ3) is 3.79. The van der Waals surface area contributed by atoms with Crippen LogP contribution in [0.1, 0.15) is 24.3 Å². The maximum absolute atomic E-state index is 11.9. The molecule has 0 spiro atoms. The van der Waals surface area contributed by atoms with Gasteiger partial charge in [0.15, 0.2) is 0 Å². The molecule has 0 aliphatic carbocycles. The number of H-pyrrole nitrogens is 1. The number of rotatable bonds is 5. The zero-order chi connectivity index (χ0) is 16.1. The second kappa shape index (κ2) is 6.83. The molecule has 0 saturated heterocycles. The summed E-state index contributed by atoms with van der Waals surface area (Å²) >= 11 is 0. The Morgan fingerprint density at radius 1 is 1.26 bits per heavy atom. The Morgan fingerprint density at radius 2 is 2.09 bits per heavy atom. The van der Waals surface area contributed by atoms with Gasteiger partial charge in [-0.3, -0.25) is 5.10 Å².